The Morgan fingerprint density at radius 3 is 2.30 bits per heavy atom. The number of pyridine rings is 1. The van der Waals surface area contributed by atoms with Gasteiger partial charge in [0.25, 0.3) is 0 Å². The molecule has 3 rings (SSSR count). The van der Waals surface area contributed by atoms with Crippen molar-refractivity contribution in [1.82, 2.24) is 4.98 Å². The number of rotatable bonds is 4. The monoisotopic (exact) mass is 306 g/mol. The van der Waals surface area contributed by atoms with Crippen LogP contribution in [0.1, 0.15) is 68.3 Å². The van der Waals surface area contributed by atoms with Gasteiger partial charge in [0.15, 0.2) is 0 Å². The molecule has 0 saturated heterocycles. The number of hydrogen-bond donors (Lipinski definition) is 1. The SMILES string of the molecule is CC(C)c1cccc(C(C)C)c1NC1=CCCc2cccnc21. The Kier molecular flexibility index (Phi) is 4.51. The van der Waals surface area contributed by atoms with Crippen molar-refractivity contribution in [1.29, 1.82) is 0 Å². The topological polar surface area (TPSA) is 24.9 Å². The minimum absolute atomic E-state index is 0.489. The molecule has 1 aromatic heterocycles. The number of hydrogen-bond acceptors (Lipinski definition) is 2. The van der Waals surface area contributed by atoms with Crippen LogP contribution in [0, 0.1) is 0 Å². The quantitative estimate of drug-likeness (QED) is 0.780. The predicted molar refractivity (Wildman–Crippen MR) is 98.8 cm³/mol. The van der Waals surface area contributed by atoms with Crippen LogP contribution in [0.3, 0.4) is 0 Å². The highest BCUT2D eigenvalue weighted by Crippen LogP contribution is 2.35. The Hall–Kier alpha value is -2.09. The van der Waals surface area contributed by atoms with Gasteiger partial charge in [0.1, 0.15) is 0 Å². The maximum Gasteiger partial charge on any atom is 0.0893 e. The van der Waals surface area contributed by atoms with Crippen molar-refractivity contribution in [2.75, 3.05) is 5.32 Å². The molecule has 0 aliphatic heterocycles. The van der Waals surface area contributed by atoms with E-state index in [0.717, 1.165) is 24.2 Å². The van der Waals surface area contributed by atoms with E-state index in [-0.39, 0.29) is 0 Å². The van der Waals surface area contributed by atoms with Crippen molar-refractivity contribution in [2.24, 2.45) is 0 Å². The highest BCUT2D eigenvalue weighted by molar-refractivity contribution is 5.80. The van der Waals surface area contributed by atoms with Gasteiger partial charge >= 0.3 is 0 Å². The lowest BCUT2D eigenvalue weighted by atomic mass is 9.91. The molecule has 2 nitrogen and oxygen atoms in total. The van der Waals surface area contributed by atoms with Gasteiger partial charge in [-0.3, -0.25) is 4.98 Å². The average Bonchev–Trinajstić information content (AvgIpc) is 2.55. The second-order valence-corrected chi connectivity index (χ2v) is 6.91. The van der Waals surface area contributed by atoms with E-state index in [4.69, 9.17) is 0 Å². The minimum atomic E-state index is 0.489. The summed E-state index contributed by atoms with van der Waals surface area (Å²) in [5.41, 5.74) is 7.61. The molecule has 0 atom stereocenters. The van der Waals surface area contributed by atoms with E-state index < -0.39 is 0 Å². The fourth-order valence-electron chi connectivity index (χ4n) is 3.29. The summed E-state index contributed by atoms with van der Waals surface area (Å²) in [7, 11) is 0. The van der Waals surface area contributed by atoms with E-state index in [0.29, 0.717) is 11.8 Å². The number of aromatic nitrogens is 1. The van der Waals surface area contributed by atoms with Crippen molar-refractivity contribution < 1.29 is 0 Å². The summed E-state index contributed by atoms with van der Waals surface area (Å²) in [5.74, 6) is 0.979. The Balaban J connectivity index is 2.05. The molecule has 120 valence electrons. The number of nitrogens with one attached hydrogen (secondary N) is 1. The number of benzene rings is 1. The van der Waals surface area contributed by atoms with Gasteiger partial charge in [-0.2, -0.15) is 0 Å². The molecule has 0 fully saturated rings. The van der Waals surface area contributed by atoms with Gasteiger partial charge in [0, 0.05) is 11.9 Å². The minimum Gasteiger partial charge on any atom is -0.354 e. The molecule has 0 saturated carbocycles. The van der Waals surface area contributed by atoms with E-state index >= 15 is 0 Å². The summed E-state index contributed by atoms with van der Waals surface area (Å²) < 4.78 is 0. The Labute approximate surface area is 139 Å². The van der Waals surface area contributed by atoms with Crippen LogP contribution in [0.2, 0.25) is 0 Å². The third-order valence-corrected chi connectivity index (χ3v) is 4.54. The van der Waals surface area contributed by atoms with Crippen LogP contribution in [-0.4, -0.2) is 4.98 Å². The van der Waals surface area contributed by atoms with Crippen molar-refractivity contribution in [3.63, 3.8) is 0 Å². The van der Waals surface area contributed by atoms with Crippen LogP contribution in [-0.2, 0) is 6.42 Å². The van der Waals surface area contributed by atoms with Crippen LogP contribution in [0.4, 0.5) is 5.69 Å². The smallest absolute Gasteiger partial charge is 0.0893 e. The highest BCUT2D eigenvalue weighted by atomic mass is 14.9. The summed E-state index contributed by atoms with van der Waals surface area (Å²) in [6.45, 7) is 9.02. The first-order chi connectivity index (χ1) is 11.1. The van der Waals surface area contributed by atoms with E-state index in [9.17, 15) is 0 Å². The van der Waals surface area contributed by atoms with Crippen LogP contribution < -0.4 is 5.32 Å². The Morgan fingerprint density at radius 2 is 1.65 bits per heavy atom. The fraction of sp³-hybridized carbons (Fsp3) is 0.381. The number of aryl methyl sites for hydroxylation is 1. The van der Waals surface area contributed by atoms with Crippen LogP contribution >= 0.6 is 0 Å². The number of nitrogens with zero attached hydrogens (tertiary/aromatic N) is 1. The molecule has 1 aromatic carbocycles. The summed E-state index contributed by atoms with van der Waals surface area (Å²) in [4.78, 5) is 4.62. The van der Waals surface area contributed by atoms with Gasteiger partial charge in [-0.25, -0.2) is 0 Å². The van der Waals surface area contributed by atoms with E-state index in [1.54, 1.807) is 0 Å². The predicted octanol–water partition coefficient (Wildman–Crippen LogP) is 5.73. The molecule has 0 bridgehead atoms. The first-order valence-corrected chi connectivity index (χ1v) is 8.62. The second-order valence-electron chi connectivity index (χ2n) is 6.91. The van der Waals surface area contributed by atoms with Gasteiger partial charge in [0.05, 0.1) is 11.4 Å². The van der Waals surface area contributed by atoms with Crippen molar-refractivity contribution in [3.05, 3.63) is 65.0 Å². The summed E-state index contributed by atoms with van der Waals surface area (Å²) >= 11 is 0. The van der Waals surface area contributed by atoms with E-state index in [1.165, 1.54) is 22.4 Å². The normalized spacial score (nSPS) is 13.9. The summed E-state index contributed by atoms with van der Waals surface area (Å²) in [6.07, 6.45) is 6.33. The molecular formula is C21H26N2. The first-order valence-electron chi connectivity index (χ1n) is 8.62. The molecule has 23 heavy (non-hydrogen) atoms. The van der Waals surface area contributed by atoms with Crippen molar-refractivity contribution in [2.45, 2.75) is 52.4 Å². The standard InChI is InChI=1S/C21H26N2/c1-14(2)17-10-6-11-18(15(3)4)21(17)23-19-12-5-8-16-9-7-13-22-20(16)19/h6-7,9-15,23H,5,8H2,1-4H3. The molecule has 0 unspecified atom stereocenters. The molecule has 1 heterocycles. The Morgan fingerprint density at radius 1 is 0.957 bits per heavy atom. The van der Waals surface area contributed by atoms with Gasteiger partial charge in [-0.1, -0.05) is 58.0 Å². The van der Waals surface area contributed by atoms with Crippen LogP contribution in [0.15, 0.2) is 42.6 Å². The second kappa shape index (κ2) is 6.57. The lowest BCUT2D eigenvalue weighted by Crippen LogP contribution is -2.12. The lowest BCUT2D eigenvalue weighted by Gasteiger charge is -2.24. The van der Waals surface area contributed by atoms with Crippen LogP contribution in [0.5, 0.6) is 0 Å². The maximum atomic E-state index is 4.62. The van der Waals surface area contributed by atoms with Gasteiger partial charge in [-0.15, -0.1) is 0 Å². The molecule has 2 heteroatoms. The first kappa shape index (κ1) is 15.8. The average molecular weight is 306 g/mol. The number of anilines is 1. The lowest BCUT2D eigenvalue weighted by molar-refractivity contribution is 0.838. The van der Waals surface area contributed by atoms with Gasteiger partial charge in [-0.05, 0) is 47.4 Å². The molecular weight excluding hydrogens is 280 g/mol. The zero-order valence-corrected chi connectivity index (χ0v) is 14.6. The zero-order valence-electron chi connectivity index (χ0n) is 14.6. The third-order valence-electron chi connectivity index (χ3n) is 4.54. The molecule has 1 N–H and O–H groups in total. The fourth-order valence-corrected chi connectivity index (χ4v) is 3.29. The molecule has 1 aliphatic rings. The molecule has 0 radical (unpaired) electrons. The van der Waals surface area contributed by atoms with E-state index in [2.05, 4.69) is 68.3 Å². The maximum absolute atomic E-state index is 4.62. The van der Waals surface area contributed by atoms with Crippen LogP contribution in [0.25, 0.3) is 5.70 Å². The molecule has 0 amide bonds. The van der Waals surface area contributed by atoms with Gasteiger partial charge in [0.2, 0.25) is 0 Å². The van der Waals surface area contributed by atoms with Crippen molar-refractivity contribution in [3.8, 4) is 0 Å². The molecule has 0 spiro atoms. The highest BCUT2D eigenvalue weighted by Gasteiger charge is 2.18. The largest absolute Gasteiger partial charge is 0.354 e. The Bertz CT molecular complexity index is 700. The van der Waals surface area contributed by atoms with Gasteiger partial charge < -0.3 is 5.32 Å². The number of fused-ring (bicyclic) bond motifs is 1. The number of allylic oxidation sites excluding steroid dienone is 1. The molecule has 2 aromatic rings. The van der Waals surface area contributed by atoms with E-state index in [1.807, 2.05) is 12.3 Å². The van der Waals surface area contributed by atoms with Crippen molar-refractivity contribution >= 4 is 11.4 Å². The zero-order chi connectivity index (χ0) is 16.4. The third kappa shape index (κ3) is 3.17. The number of para-hydroxylation sites is 1. The summed E-state index contributed by atoms with van der Waals surface area (Å²) in [5, 5.41) is 3.74. The molecule has 1 aliphatic carbocycles. The summed E-state index contributed by atoms with van der Waals surface area (Å²) in [6, 6.07) is 10.9.